The number of carbonyl (C=O) groups is 1. The summed E-state index contributed by atoms with van der Waals surface area (Å²) >= 11 is 0. The fourth-order valence-electron chi connectivity index (χ4n) is 4.15. The molecule has 0 radical (unpaired) electrons. The number of piperazine rings is 2. The van der Waals surface area contributed by atoms with Crippen LogP contribution in [0.4, 0.5) is 15.8 Å². The van der Waals surface area contributed by atoms with Gasteiger partial charge in [-0.3, -0.25) is 4.79 Å². The Morgan fingerprint density at radius 2 is 1.55 bits per heavy atom. The van der Waals surface area contributed by atoms with E-state index in [0.29, 0.717) is 38.4 Å². The Labute approximate surface area is 170 Å². The number of halogens is 1. The molecule has 0 spiro atoms. The van der Waals surface area contributed by atoms with Crippen molar-refractivity contribution in [3.63, 3.8) is 0 Å². The van der Waals surface area contributed by atoms with E-state index in [9.17, 15) is 14.3 Å². The summed E-state index contributed by atoms with van der Waals surface area (Å²) in [4.78, 5) is 20.3. The van der Waals surface area contributed by atoms with Gasteiger partial charge in [-0.25, -0.2) is 4.39 Å². The Morgan fingerprint density at radius 1 is 0.897 bits per heavy atom. The predicted molar refractivity (Wildman–Crippen MR) is 111 cm³/mol. The van der Waals surface area contributed by atoms with Crippen LogP contribution < -0.4 is 14.7 Å². The van der Waals surface area contributed by atoms with Crippen LogP contribution in [0.3, 0.4) is 0 Å². The molecule has 1 amide bonds. The highest BCUT2D eigenvalue weighted by Gasteiger charge is 2.27. The Morgan fingerprint density at radius 3 is 2.21 bits per heavy atom. The van der Waals surface area contributed by atoms with Crippen molar-refractivity contribution in [2.75, 3.05) is 68.7 Å². The van der Waals surface area contributed by atoms with Gasteiger partial charge in [-0.05, 0) is 36.4 Å². The molecule has 2 fully saturated rings. The van der Waals surface area contributed by atoms with Crippen molar-refractivity contribution in [1.29, 1.82) is 0 Å². The number of carbonyl (C=O) groups excluding carboxylic acids is 1. The van der Waals surface area contributed by atoms with E-state index in [1.165, 1.54) is 11.0 Å². The maximum Gasteiger partial charge on any atom is 0.277 e. The summed E-state index contributed by atoms with van der Waals surface area (Å²) in [6.07, 6.45) is 0. The van der Waals surface area contributed by atoms with Crippen LogP contribution >= 0.6 is 0 Å². The van der Waals surface area contributed by atoms with E-state index in [1.807, 2.05) is 28.0 Å². The van der Waals surface area contributed by atoms with E-state index in [1.54, 1.807) is 24.3 Å². The average molecular weight is 399 g/mol. The summed E-state index contributed by atoms with van der Waals surface area (Å²) in [5.74, 6) is 0.258. The Hall–Kier alpha value is -2.80. The van der Waals surface area contributed by atoms with Crippen LogP contribution in [-0.4, -0.2) is 74.8 Å². The highest BCUT2D eigenvalue weighted by atomic mass is 19.1. The molecular weight excluding hydrogens is 371 g/mol. The second-order valence-corrected chi connectivity index (χ2v) is 7.75. The SMILES string of the molecule is O=C(C[NH+]1CCN(c2ccc(O)cc2)CC1)N1CCN(c2ccccc2F)CC1. The zero-order chi connectivity index (χ0) is 20.2. The monoisotopic (exact) mass is 399 g/mol. The van der Waals surface area contributed by atoms with E-state index in [2.05, 4.69) is 4.90 Å². The molecule has 2 N–H and O–H groups in total. The molecular formula is C22H28FN4O2+. The zero-order valence-electron chi connectivity index (χ0n) is 16.6. The number of phenolic OH excluding ortho intramolecular Hbond substituents is 1. The van der Waals surface area contributed by atoms with Gasteiger partial charge in [0.25, 0.3) is 5.91 Å². The quantitative estimate of drug-likeness (QED) is 0.790. The number of para-hydroxylation sites is 1. The molecule has 0 unspecified atom stereocenters. The highest BCUT2D eigenvalue weighted by Crippen LogP contribution is 2.20. The lowest BCUT2D eigenvalue weighted by molar-refractivity contribution is -0.892. The Bertz CT molecular complexity index is 829. The number of anilines is 2. The van der Waals surface area contributed by atoms with Crippen LogP contribution in [-0.2, 0) is 4.79 Å². The smallest absolute Gasteiger partial charge is 0.277 e. The van der Waals surface area contributed by atoms with Crippen molar-refractivity contribution in [3.05, 3.63) is 54.3 Å². The summed E-state index contributed by atoms with van der Waals surface area (Å²) in [5, 5.41) is 9.43. The summed E-state index contributed by atoms with van der Waals surface area (Å²) in [6, 6.07) is 14.1. The number of hydrogen-bond donors (Lipinski definition) is 2. The topological polar surface area (TPSA) is 51.5 Å². The van der Waals surface area contributed by atoms with Gasteiger partial charge < -0.3 is 24.7 Å². The number of phenols is 1. The summed E-state index contributed by atoms with van der Waals surface area (Å²) in [6.45, 7) is 6.75. The van der Waals surface area contributed by atoms with Gasteiger partial charge in [0, 0.05) is 31.9 Å². The van der Waals surface area contributed by atoms with Gasteiger partial charge in [-0.1, -0.05) is 12.1 Å². The fourth-order valence-corrected chi connectivity index (χ4v) is 4.15. The number of amides is 1. The standard InChI is InChI=1S/C22H27FN4O2/c23-20-3-1-2-4-21(20)26-13-15-27(16-14-26)22(29)17-24-9-11-25(12-10-24)18-5-7-19(28)8-6-18/h1-8,28H,9-17H2/p+1. The van der Waals surface area contributed by atoms with E-state index in [4.69, 9.17) is 0 Å². The third-order valence-corrected chi connectivity index (χ3v) is 5.91. The molecule has 2 aliphatic rings. The van der Waals surface area contributed by atoms with Crippen LogP contribution in [0.2, 0.25) is 0 Å². The molecule has 29 heavy (non-hydrogen) atoms. The molecule has 4 rings (SSSR count). The van der Waals surface area contributed by atoms with Crippen LogP contribution in [0, 0.1) is 5.82 Å². The predicted octanol–water partition coefficient (Wildman–Crippen LogP) is 0.585. The molecule has 2 heterocycles. The van der Waals surface area contributed by atoms with E-state index >= 15 is 0 Å². The van der Waals surface area contributed by atoms with Gasteiger partial charge >= 0.3 is 0 Å². The molecule has 6 nitrogen and oxygen atoms in total. The van der Waals surface area contributed by atoms with Gasteiger partial charge in [0.15, 0.2) is 6.54 Å². The minimum atomic E-state index is -0.205. The molecule has 2 aromatic carbocycles. The Kier molecular flexibility index (Phi) is 5.85. The molecule has 0 atom stereocenters. The first kappa shape index (κ1) is 19.5. The number of nitrogens with one attached hydrogen (secondary N) is 1. The molecule has 0 aliphatic carbocycles. The molecule has 2 aromatic rings. The summed E-state index contributed by atoms with van der Waals surface area (Å²) < 4.78 is 14.0. The molecule has 0 aromatic heterocycles. The largest absolute Gasteiger partial charge is 0.508 e. The number of benzene rings is 2. The van der Waals surface area contributed by atoms with Crippen LogP contribution in [0.15, 0.2) is 48.5 Å². The van der Waals surface area contributed by atoms with Gasteiger partial charge in [0.05, 0.1) is 31.9 Å². The zero-order valence-corrected chi connectivity index (χ0v) is 16.6. The van der Waals surface area contributed by atoms with Gasteiger partial charge in [0.1, 0.15) is 11.6 Å². The lowest BCUT2D eigenvalue weighted by Gasteiger charge is -2.37. The van der Waals surface area contributed by atoms with Crippen molar-refractivity contribution in [1.82, 2.24) is 4.90 Å². The number of hydrogen-bond acceptors (Lipinski definition) is 4. The third-order valence-electron chi connectivity index (χ3n) is 5.91. The molecule has 7 heteroatoms. The minimum absolute atomic E-state index is 0.186. The molecule has 154 valence electrons. The second kappa shape index (κ2) is 8.69. The van der Waals surface area contributed by atoms with E-state index in [-0.39, 0.29) is 17.5 Å². The number of aromatic hydroxyl groups is 1. The van der Waals surface area contributed by atoms with Crippen molar-refractivity contribution in [2.45, 2.75) is 0 Å². The van der Waals surface area contributed by atoms with Crippen molar-refractivity contribution in [3.8, 4) is 5.75 Å². The summed E-state index contributed by atoms with van der Waals surface area (Å²) in [5.41, 5.74) is 1.73. The van der Waals surface area contributed by atoms with E-state index < -0.39 is 0 Å². The number of quaternary nitrogens is 1. The Balaban J connectivity index is 1.23. The first-order chi connectivity index (χ1) is 14.1. The molecule has 2 aliphatic heterocycles. The molecule has 2 saturated heterocycles. The normalized spacial score (nSPS) is 18.2. The molecule has 0 saturated carbocycles. The maximum atomic E-state index is 14.0. The minimum Gasteiger partial charge on any atom is -0.508 e. The highest BCUT2D eigenvalue weighted by molar-refractivity contribution is 5.77. The maximum absolute atomic E-state index is 14.0. The van der Waals surface area contributed by atoms with E-state index in [0.717, 1.165) is 31.9 Å². The molecule has 0 bridgehead atoms. The van der Waals surface area contributed by atoms with Crippen molar-refractivity contribution < 1.29 is 19.2 Å². The van der Waals surface area contributed by atoms with Crippen LogP contribution in [0.5, 0.6) is 5.75 Å². The van der Waals surface area contributed by atoms with Crippen LogP contribution in [0.25, 0.3) is 0 Å². The number of nitrogens with zero attached hydrogens (tertiary/aromatic N) is 3. The first-order valence-electron chi connectivity index (χ1n) is 10.2. The van der Waals surface area contributed by atoms with Crippen LogP contribution in [0.1, 0.15) is 0 Å². The lowest BCUT2D eigenvalue weighted by Crippen LogP contribution is -3.16. The first-order valence-corrected chi connectivity index (χ1v) is 10.2. The number of rotatable bonds is 4. The van der Waals surface area contributed by atoms with Crippen molar-refractivity contribution in [2.24, 2.45) is 0 Å². The van der Waals surface area contributed by atoms with Gasteiger partial charge in [-0.15, -0.1) is 0 Å². The fraction of sp³-hybridized carbons (Fsp3) is 0.409. The van der Waals surface area contributed by atoms with Crippen molar-refractivity contribution >= 4 is 17.3 Å². The summed E-state index contributed by atoms with van der Waals surface area (Å²) in [7, 11) is 0. The average Bonchev–Trinajstić information content (AvgIpc) is 2.75. The third kappa shape index (κ3) is 4.62. The van der Waals surface area contributed by atoms with Gasteiger partial charge in [0.2, 0.25) is 0 Å². The second-order valence-electron chi connectivity index (χ2n) is 7.75. The van der Waals surface area contributed by atoms with Gasteiger partial charge in [-0.2, -0.15) is 0 Å². The lowest BCUT2D eigenvalue weighted by atomic mass is 10.2.